The summed E-state index contributed by atoms with van der Waals surface area (Å²) in [6.07, 6.45) is 0. The molecule has 0 aliphatic carbocycles. The highest BCUT2D eigenvalue weighted by atomic mass is 35.5. The van der Waals surface area contributed by atoms with Crippen LogP contribution in [-0.2, 0) is 4.79 Å². The lowest BCUT2D eigenvalue weighted by atomic mass is 10.1. The summed E-state index contributed by atoms with van der Waals surface area (Å²) in [5.74, 6) is -1.06. The number of rotatable bonds is 8. The molecule has 0 saturated carbocycles. The van der Waals surface area contributed by atoms with E-state index in [1.54, 1.807) is 6.07 Å². The van der Waals surface area contributed by atoms with Crippen LogP contribution in [0.4, 0.5) is 5.69 Å². The minimum atomic E-state index is -0.675. The molecule has 9 nitrogen and oxygen atoms in total. The topological polar surface area (TPSA) is 129 Å². The molecule has 2 aromatic rings. The molecule has 0 saturated heterocycles. The van der Waals surface area contributed by atoms with Crippen molar-refractivity contribution in [1.29, 1.82) is 0 Å². The van der Waals surface area contributed by atoms with Gasteiger partial charge >= 0.3 is 0 Å². The summed E-state index contributed by atoms with van der Waals surface area (Å²) in [6.45, 7) is -0.384. The highest BCUT2D eigenvalue weighted by Crippen LogP contribution is 2.38. The van der Waals surface area contributed by atoms with Crippen molar-refractivity contribution in [1.82, 2.24) is 5.32 Å². The number of hydrogen-bond donors (Lipinski definition) is 3. The first-order valence-corrected chi connectivity index (χ1v) is 8.68. The Morgan fingerprint density at radius 3 is 2.17 bits per heavy atom. The Morgan fingerprint density at radius 2 is 1.66 bits per heavy atom. The first-order chi connectivity index (χ1) is 13.8. The normalized spacial score (nSPS) is 10.1. The van der Waals surface area contributed by atoms with Gasteiger partial charge in [-0.15, -0.1) is 0 Å². The fraction of sp³-hybridized carbons (Fsp3) is 0.211. The Balaban J connectivity index is 2.33. The molecule has 2 rings (SSSR count). The Kier molecular flexibility index (Phi) is 7.27. The molecule has 0 aliphatic heterocycles. The highest BCUT2D eigenvalue weighted by molar-refractivity contribution is 6.34. The molecule has 0 radical (unpaired) electrons. The Hall–Kier alpha value is -3.46. The van der Waals surface area contributed by atoms with Gasteiger partial charge in [0.25, 0.3) is 17.7 Å². The minimum absolute atomic E-state index is 0.138. The van der Waals surface area contributed by atoms with Crippen molar-refractivity contribution < 1.29 is 28.6 Å². The molecular formula is C19H20ClN3O6. The summed E-state index contributed by atoms with van der Waals surface area (Å²) in [5.41, 5.74) is 5.88. The number of amides is 3. The molecule has 0 aliphatic rings. The quantitative estimate of drug-likeness (QED) is 0.596. The average Bonchev–Trinajstić information content (AvgIpc) is 2.72. The molecule has 0 unspecified atom stereocenters. The van der Waals surface area contributed by atoms with Gasteiger partial charge in [-0.3, -0.25) is 14.4 Å². The van der Waals surface area contributed by atoms with Gasteiger partial charge in [0.05, 0.1) is 24.8 Å². The summed E-state index contributed by atoms with van der Waals surface area (Å²) in [7, 11) is 4.23. The maximum Gasteiger partial charge on any atom is 0.255 e. The van der Waals surface area contributed by atoms with Crippen LogP contribution in [0.15, 0.2) is 30.3 Å². The second-order valence-electron chi connectivity index (χ2n) is 5.69. The van der Waals surface area contributed by atoms with E-state index in [9.17, 15) is 14.4 Å². The zero-order valence-electron chi connectivity index (χ0n) is 16.0. The lowest BCUT2D eigenvalue weighted by Crippen LogP contribution is -2.21. The number of carbonyl (C=O) groups is 3. The number of anilines is 1. The van der Waals surface area contributed by atoms with Crippen LogP contribution in [0.5, 0.6) is 17.2 Å². The average molecular weight is 422 g/mol. The Bertz CT molecular complexity index is 923. The fourth-order valence-electron chi connectivity index (χ4n) is 2.41. The third-order valence-electron chi connectivity index (χ3n) is 3.78. The molecule has 0 heterocycles. The monoisotopic (exact) mass is 421 g/mol. The van der Waals surface area contributed by atoms with E-state index in [0.717, 1.165) is 0 Å². The van der Waals surface area contributed by atoms with E-state index < -0.39 is 11.8 Å². The molecule has 3 amide bonds. The number of nitrogens with one attached hydrogen (secondary N) is 2. The standard InChI is InChI=1S/C19H20ClN3O6/c1-22-19(26)12-8-11(4-5-13(12)20)23-18(25)10-6-14(27-2)17(15(7-10)28-3)29-9-16(21)24/h4-8H,9H2,1-3H3,(H2,21,24)(H,22,26)(H,23,25). The van der Waals surface area contributed by atoms with Gasteiger partial charge in [-0.25, -0.2) is 0 Å². The van der Waals surface area contributed by atoms with Gasteiger partial charge in [-0.2, -0.15) is 0 Å². The first kappa shape index (κ1) is 21.8. The molecule has 2 aromatic carbocycles. The van der Waals surface area contributed by atoms with Crippen molar-refractivity contribution in [2.75, 3.05) is 33.2 Å². The van der Waals surface area contributed by atoms with Crippen LogP contribution in [0.25, 0.3) is 0 Å². The molecule has 10 heteroatoms. The molecule has 0 spiro atoms. The predicted molar refractivity (Wildman–Crippen MR) is 107 cm³/mol. The van der Waals surface area contributed by atoms with Crippen LogP contribution in [0.3, 0.4) is 0 Å². The molecule has 0 fully saturated rings. The molecular weight excluding hydrogens is 402 g/mol. The van der Waals surface area contributed by atoms with E-state index in [1.807, 2.05) is 0 Å². The molecule has 4 N–H and O–H groups in total. The van der Waals surface area contributed by atoms with Gasteiger partial charge in [0.1, 0.15) is 0 Å². The summed E-state index contributed by atoms with van der Waals surface area (Å²) in [5, 5.41) is 5.40. The van der Waals surface area contributed by atoms with E-state index in [4.69, 9.17) is 31.5 Å². The minimum Gasteiger partial charge on any atom is -0.493 e. The van der Waals surface area contributed by atoms with Crippen molar-refractivity contribution in [3.05, 3.63) is 46.5 Å². The van der Waals surface area contributed by atoms with Gasteiger partial charge in [-0.1, -0.05) is 11.6 Å². The van der Waals surface area contributed by atoms with E-state index in [2.05, 4.69) is 10.6 Å². The summed E-state index contributed by atoms with van der Waals surface area (Å²) in [4.78, 5) is 35.5. The number of carbonyl (C=O) groups excluding carboxylic acids is 3. The van der Waals surface area contributed by atoms with E-state index >= 15 is 0 Å². The van der Waals surface area contributed by atoms with Gasteiger partial charge in [0.15, 0.2) is 18.1 Å². The number of ether oxygens (including phenoxy) is 3. The molecule has 29 heavy (non-hydrogen) atoms. The zero-order chi connectivity index (χ0) is 21.6. The van der Waals surface area contributed by atoms with Gasteiger partial charge in [-0.05, 0) is 30.3 Å². The van der Waals surface area contributed by atoms with E-state index in [1.165, 1.54) is 45.5 Å². The predicted octanol–water partition coefficient (Wildman–Crippen LogP) is 1.83. The zero-order valence-corrected chi connectivity index (χ0v) is 16.8. The van der Waals surface area contributed by atoms with Crippen LogP contribution in [0, 0.1) is 0 Å². The van der Waals surface area contributed by atoms with Crippen molar-refractivity contribution in [2.24, 2.45) is 5.73 Å². The van der Waals surface area contributed by atoms with Crippen molar-refractivity contribution in [3.63, 3.8) is 0 Å². The summed E-state index contributed by atoms with van der Waals surface area (Å²) >= 11 is 6.02. The number of benzene rings is 2. The Morgan fingerprint density at radius 1 is 1.03 bits per heavy atom. The van der Waals surface area contributed by atoms with Gasteiger partial charge in [0, 0.05) is 18.3 Å². The second kappa shape index (κ2) is 9.65. The largest absolute Gasteiger partial charge is 0.493 e. The number of methoxy groups -OCH3 is 2. The SMILES string of the molecule is CNC(=O)c1cc(NC(=O)c2cc(OC)c(OCC(N)=O)c(OC)c2)ccc1Cl. The smallest absolute Gasteiger partial charge is 0.255 e. The maximum atomic E-state index is 12.7. The van der Waals surface area contributed by atoms with Crippen molar-refractivity contribution >= 4 is 35.0 Å². The van der Waals surface area contributed by atoms with Crippen LogP contribution < -0.4 is 30.6 Å². The third kappa shape index (κ3) is 5.29. The van der Waals surface area contributed by atoms with E-state index in [-0.39, 0.29) is 45.9 Å². The maximum absolute atomic E-state index is 12.7. The van der Waals surface area contributed by atoms with Gasteiger partial charge in [0.2, 0.25) is 5.75 Å². The van der Waals surface area contributed by atoms with Crippen molar-refractivity contribution in [2.45, 2.75) is 0 Å². The molecule has 154 valence electrons. The van der Waals surface area contributed by atoms with Gasteiger partial charge < -0.3 is 30.6 Å². The third-order valence-corrected chi connectivity index (χ3v) is 4.11. The number of halogens is 1. The van der Waals surface area contributed by atoms with Crippen LogP contribution in [-0.4, -0.2) is 45.6 Å². The summed E-state index contributed by atoms with van der Waals surface area (Å²) < 4.78 is 15.8. The Labute approximate surface area is 172 Å². The highest BCUT2D eigenvalue weighted by Gasteiger charge is 2.19. The lowest BCUT2D eigenvalue weighted by molar-refractivity contribution is -0.120. The molecule has 0 bridgehead atoms. The molecule has 0 aromatic heterocycles. The lowest BCUT2D eigenvalue weighted by Gasteiger charge is -2.15. The second-order valence-corrected chi connectivity index (χ2v) is 6.10. The molecule has 0 atom stereocenters. The van der Waals surface area contributed by atoms with E-state index in [0.29, 0.717) is 5.69 Å². The number of nitrogens with two attached hydrogens (primary N) is 1. The van der Waals surface area contributed by atoms with Crippen molar-refractivity contribution in [3.8, 4) is 17.2 Å². The first-order valence-electron chi connectivity index (χ1n) is 8.30. The number of primary amides is 1. The van der Waals surface area contributed by atoms with Crippen LogP contribution in [0.1, 0.15) is 20.7 Å². The fourth-order valence-corrected chi connectivity index (χ4v) is 2.61. The number of hydrogen-bond acceptors (Lipinski definition) is 6. The summed E-state index contributed by atoms with van der Waals surface area (Å²) in [6, 6.07) is 7.36. The van der Waals surface area contributed by atoms with Crippen LogP contribution >= 0.6 is 11.6 Å². The van der Waals surface area contributed by atoms with Crippen LogP contribution in [0.2, 0.25) is 5.02 Å².